The number of hydrogen-bond donors (Lipinski definition) is 17. The van der Waals surface area contributed by atoms with Gasteiger partial charge in [0, 0.05) is 17.7 Å². The standard InChI is InChI=1S/C39H50O27/c40-6-16-21(48)26(53)30(57)36(59-16)64-33-27(54)22(49)18(8-42)61-38(33)66-35-29(56)24(51)19(9-43)62-39(35)65-34-28(55)23(50)17(7-41)60-37(34)63-32-25(52)20-14(47)4-11(44)5-15(20)58-31(32)10-1-2-12(45)13(46)3-10/h1-5,16-19,21-24,26-30,33-51,53-57H,6-9H2. The van der Waals surface area contributed by atoms with E-state index in [-0.39, 0.29) is 5.56 Å². The predicted molar refractivity (Wildman–Crippen MR) is 207 cm³/mol. The van der Waals surface area contributed by atoms with Gasteiger partial charge in [0.15, 0.2) is 42.2 Å². The number of ether oxygens (including phenoxy) is 8. The largest absolute Gasteiger partial charge is 0.508 e. The molecule has 0 spiro atoms. The minimum atomic E-state index is -2.22. The summed E-state index contributed by atoms with van der Waals surface area (Å²) in [7, 11) is 0. The number of aromatic hydroxyl groups is 4. The number of benzene rings is 2. The summed E-state index contributed by atoms with van der Waals surface area (Å²) in [6.45, 7) is -3.93. The average molecular weight is 951 g/mol. The van der Waals surface area contributed by atoms with Crippen LogP contribution in [0.5, 0.6) is 28.7 Å². The molecule has 368 valence electrons. The lowest BCUT2D eigenvalue weighted by atomic mass is 9.96. The third kappa shape index (κ3) is 9.36. The lowest BCUT2D eigenvalue weighted by Gasteiger charge is -2.49. The highest BCUT2D eigenvalue weighted by Gasteiger charge is 2.56. The van der Waals surface area contributed by atoms with E-state index < -0.39 is 200 Å². The van der Waals surface area contributed by atoms with Crippen LogP contribution in [0.3, 0.4) is 0 Å². The second kappa shape index (κ2) is 20.2. The fourth-order valence-electron chi connectivity index (χ4n) is 7.91. The predicted octanol–water partition coefficient (Wildman–Crippen LogP) is -7.07. The summed E-state index contributed by atoms with van der Waals surface area (Å²) in [5, 5.41) is 179. The van der Waals surface area contributed by atoms with E-state index in [0.29, 0.717) is 0 Å². The maximum absolute atomic E-state index is 14.2. The third-order valence-electron chi connectivity index (χ3n) is 11.6. The van der Waals surface area contributed by atoms with Crippen molar-refractivity contribution >= 4 is 11.0 Å². The van der Waals surface area contributed by atoms with Crippen molar-refractivity contribution in [2.75, 3.05) is 26.4 Å². The average Bonchev–Trinajstić information content (AvgIpc) is 3.29. The van der Waals surface area contributed by atoms with Crippen LogP contribution in [0.15, 0.2) is 39.5 Å². The minimum absolute atomic E-state index is 0.178. The number of aliphatic hydroxyl groups is 13. The van der Waals surface area contributed by atoms with E-state index in [2.05, 4.69) is 0 Å². The van der Waals surface area contributed by atoms with Gasteiger partial charge in [-0.05, 0) is 18.2 Å². The number of phenolic OH excluding ortho intramolecular Hbond substituents is 4. The van der Waals surface area contributed by atoms with Crippen LogP contribution in [-0.4, -0.2) is 236 Å². The van der Waals surface area contributed by atoms with E-state index >= 15 is 0 Å². The molecule has 5 heterocycles. The number of hydrogen-bond acceptors (Lipinski definition) is 27. The molecule has 4 aliphatic heterocycles. The molecule has 0 aliphatic carbocycles. The Morgan fingerprint density at radius 2 is 0.909 bits per heavy atom. The Balaban J connectivity index is 1.27. The minimum Gasteiger partial charge on any atom is -0.508 e. The van der Waals surface area contributed by atoms with Gasteiger partial charge in [-0.25, -0.2) is 0 Å². The Labute approximate surface area is 369 Å². The van der Waals surface area contributed by atoms with Crippen molar-refractivity contribution in [1.29, 1.82) is 0 Å². The van der Waals surface area contributed by atoms with Gasteiger partial charge in [-0.3, -0.25) is 4.79 Å². The maximum atomic E-state index is 14.2. The fraction of sp³-hybridized carbons (Fsp3) is 0.615. The molecule has 3 aromatic rings. The van der Waals surface area contributed by atoms with E-state index in [1.807, 2.05) is 0 Å². The molecular weight excluding hydrogens is 900 g/mol. The summed E-state index contributed by atoms with van der Waals surface area (Å²) < 4.78 is 52.0. The number of rotatable bonds is 13. The van der Waals surface area contributed by atoms with Crippen LogP contribution in [-0.2, 0) is 33.2 Å². The molecule has 0 bridgehead atoms. The normalized spacial score (nSPS) is 39.8. The first-order valence-corrected chi connectivity index (χ1v) is 20.2. The van der Waals surface area contributed by atoms with Gasteiger partial charge in [0.2, 0.25) is 17.5 Å². The van der Waals surface area contributed by atoms with Gasteiger partial charge >= 0.3 is 0 Å². The zero-order valence-electron chi connectivity index (χ0n) is 33.9. The van der Waals surface area contributed by atoms with Gasteiger partial charge in [-0.15, -0.1) is 0 Å². The Morgan fingerprint density at radius 1 is 0.470 bits per heavy atom. The molecule has 66 heavy (non-hydrogen) atoms. The number of aliphatic hydroxyl groups excluding tert-OH is 13. The van der Waals surface area contributed by atoms with Crippen LogP contribution in [0.1, 0.15) is 0 Å². The monoisotopic (exact) mass is 950 g/mol. The summed E-state index contributed by atoms with van der Waals surface area (Å²) >= 11 is 0. The van der Waals surface area contributed by atoms with Gasteiger partial charge < -0.3 is 129 Å². The zero-order valence-corrected chi connectivity index (χ0v) is 33.9. The van der Waals surface area contributed by atoms with E-state index in [0.717, 1.165) is 30.3 Å². The Kier molecular flexibility index (Phi) is 15.2. The van der Waals surface area contributed by atoms with Crippen molar-refractivity contribution in [3.8, 4) is 40.1 Å². The van der Waals surface area contributed by atoms with Crippen LogP contribution in [0, 0.1) is 0 Å². The molecule has 20 unspecified atom stereocenters. The van der Waals surface area contributed by atoms with Crippen molar-refractivity contribution in [3.63, 3.8) is 0 Å². The molecule has 27 heteroatoms. The van der Waals surface area contributed by atoms with Crippen LogP contribution in [0.25, 0.3) is 22.3 Å². The highest BCUT2D eigenvalue weighted by molar-refractivity contribution is 5.88. The molecular formula is C39H50O27. The Bertz CT molecular complexity index is 2190. The molecule has 1 aromatic heterocycles. The molecule has 2 aromatic carbocycles. The van der Waals surface area contributed by atoms with Crippen molar-refractivity contribution in [2.45, 2.75) is 123 Å². The lowest BCUT2D eigenvalue weighted by Crippen LogP contribution is -2.68. The first-order valence-electron chi connectivity index (χ1n) is 20.2. The summed E-state index contributed by atoms with van der Waals surface area (Å²) in [6.07, 6.45) is -40.1. The molecule has 4 fully saturated rings. The topological polar surface area (TPSA) is 448 Å². The smallest absolute Gasteiger partial charge is 0.239 e. The first kappa shape index (κ1) is 49.7. The van der Waals surface area contributed by atoms with Crippen molar-refractivity contribution in [3.05, 3.63) is 40.6 Å². The molecule has 0 saturated carbocycles. The molecule has 7 rings (SSSR count). The van der Waals surface area contributed by atoms with Crippen molar-refractivity contribution in [1.82, 2.24) is 0 Å². The van der Waals surface area contributed by atoms with Crippen molar-refractivity contribution in [2.24, 2.45) is 0 Å². The van der Waals surface area contributed by atoms with E-state index in [1.165, 1.54) is 0 Å². The number of fused-ring (bicyclic) bond motifs is 1. The van der Waals surface area contributed by atoms with E-state index in [9.17, 15) is 91.6 Å². The van der Waals surface area contributed by atoms with Gasteiger partial charge in [-0.1, -0.05) is 0 Å². The number of phenols is 4. The van der Waals surface area contributed by atoms with Gasteiger partial charge in [0.05, 0.1) is 26.4 Å². The summed E-state index contributed by atoms with van der Waals surface area (Å²) in [6, 6.07) is 4.82. The summed E-state index contributed by atoms with van der Waals surface area (Å²) in [4.78, 5) is 14.2. The van der Waals surface area contributed by atoms with E-state index in [1.54, 1.807) is 0 Å². The fourth-order valence-corrected chi connectivity index (χ4v) is 7.91. The van der Waals surface area contributed by atoms with Gasteiger partial charge in [0.25, 0.3) is 0 Å². The molecule has 0 radical (unpaired) electrons. The highest BCUT2D eigenvalue weighted by Crippen LogP contribution is 2.41. The molecule has 27 nitrogen and oxygen atoms in total. The molecule has 0 amide bonds. The zero-order chi connectivity index (χ0) is 48.0. The van der Waals surface area contributed by atoms with Crippen LogP contribution in [0.2, 0.25) is 0 Å². The second-order valence-electron chi connectivity index (χ2n) is 15.9. The SMILES string of the molecule is O=c1c(OC2OC(CO)C(O)C(O)C2OC2OC(CO)C(O)C(O)C2OC2OC(CO)C(O)C(O)C2OC2OC(CO)C(O)C(O)C2O)c(-c2ccc(O)c(O)c2)oc2cc(O)cc(O)c12. The Hall–Kier alpha value is -4.15. The van der Waals surface area contributed by atoms with Crippen molar-refractivity contribution < 1.29 is 129 Å². The lowest BCUT2D eigenvalue weighted by molar-refractivity contribution is -0.404. The van der Waals surface area contributed by atoms with Gasteiger partial charge in [0.1, 0.15) is 114 Å². The summed E-state index contributed by atoms with van der Waals surface area (Å²) in [5.41, 5.74) is -1.79. The molecule has 4 aliphatic rings. The Morgan fingerprint density at radius 3 is 1.39 bits per heavy atom. The third-order valence-corrected chi connectivity index (χ3v) is 11.6. The quantitative estimate of drug-likeness (QED) is 0.0708. The van der Waals surface area contributed by atoms with Crippen LogP contribution in [0.4, 0.5) is 0 Å². The maximum Gasteiger partial charge on any atom is 0.239 e. The first-order chi connectivity index (χ1) is 31.3. The highest BCUT2D eigenvalue weighted by atomic mass is 16.8. The van der Waals surface area contributed by atoms with Crippen LogP contribution < -0.4 is 10.2 Å². The molecule has 4 saturated heterocycles. The van der Waals surface area contributed by atoms with Crippen LogP contribution >= 0.6 is 0 Å². The molecule has 17 N–H and O–H groups in total. The van der Waals surface area contributed by atoms with E-state index in [4.69, 9.17) is 42.3 Å². The molecule has 20 atom stereocenters. The summed E-state index contributed by atoms with van der Waals surface area (Å²) in [5.74, 6) is -4.13. The van der Waals surface area contributed by atoms with Gasteiger partial charge in [-0.2, -0.15) is 0 Å². The second-order valence-corrected chi connectivity index (χ2v) is 15.9.